The number of methoxy groups -OCH3 is 1. The van der Waals surface area contributed by atoms with E-state index in [4.69, 9.17) is 10.5 Å². The van der Waals surface area contributed by atoms with Crippen molar-refractivity contribution >= 4 is 12.4 Å². The van der Waals surface area contributed by atoms with E-state index in [1.807, 2.05) is 0 Å². The van der Waals surface area contributed by atoms with Gasteiger partial charge < -0.3 is 20.3 Å². The second kappa shape index (κ2) is 6.72. The highest BCUT2D eigenvalue weighted by atomic mass is 35.5. The average molecular weight is 328 g/mol. The van der Waals surface area contributed by atoms with E-state index >= 15 is 0 Å². The molecular weight excluding hydrogens is 311 g/mol. The van der Waals surface area contributed by atoms with Gasteiger partial charge in [0, 0.05) is 11.6 Å². The van der Waals surface area contributed by atoms with Crippen LogP contribution in [0.2, 0.25) is 0 Å². The summed E-state index contributed by atoms with van der Waals surface area (Å²) < 4.78 is 45.3. The highest BCUT2D eigenvalue weighted by Gasteiger charge is 2.36. The molecule has 3 N–H and O–H groups in total. The Morgan fingerprint density at radius 3 is 2.43 bits per heavy atom. The molecule has 0 heterocycles. The third kappa shape index (κ3) is 4.66. The van der Waals surface area contributed by atoms with E-state index in [1.54, 1.807) is 0 Å². The molecule has 1 aliphatic carbocycles. The maximum atomic E-state index is 12.2. The summed E-state index contributed by atoms with van der Waals surface area (Å²) in [4.78, 5) is 0. The Labute approximate surface area is 126 Å². The van der Waals surface area contributed by atoms with Gasteiger partial charge in [-0.25, -0.2) is 0 Å². The lowest BCUT2D eigenvalue weighted by Crippen LogP contribution is -2.28. The quantitative estimate of drug-likeness (QED) is 0.873. The summed E-state index contributed by atoms with van der Waals surface area (Å²) >= 11 is 0. The largest absolute Gasteiger partial charge is 0.573 e. The number of ether oxygens (including phenoxy) is 2. The Bertz CT molecular complexity index is 480. The van der Waals surface area contributed by atoms with Gasteiger partial charge in [-0.15, -0.1) is 25.6 Å². The first-order chi connectivity index (χ1) is 9.31. The summed E-state index contributed by atoms with van der Waals surface area (Å²) in [6.07, 6.45) is -3.67. The van der Waals surface area contributed by atoms with Crippen molar-refractivity contribution in [3.8, 4) is 11.5 Å². The van der Waals surface area contributed by atoms with Crippen LogP contribution in [0.15, 0.2) is 18.2 Å². The van der Waals surface area contributed by atoms with Crippen molar-refractivity contribution in [2.45, 2.75) is 31.3 Å². The molecule has 4 nitrogen and oxygen atoms in total. The van der Waals surface area contributed by atoms with Gasteiger partial charge in [-0.3, -0.25) is 0 Å². The van der Waals surface area contributed by atoms with Crippen LogP contribution in [0.1, 0.15) is 24.4 Å². The topological polar surface area (TPSA) is 64.7 Å². The number of hydrogen-bond acceptors (Lipinski definition) is 4. The van der Waals surface area contributed by atoms with Gasteiger partial charge >= 0.3 is 6.36 Å². The van der Waals surface area contributed by atoms with Crippen molar-refractivity contribution < 1.29 is 27.8 Å². The van der Waals surface area contributed by atoms with E-state index in [0.717, 1.165) is 25.0 Å². The lowest BCUT2D eigenvalue weighted by atomic mass is 9.98. The molecule has 1 aromatic rings. The van der Waals surface area contributed by atoms with Gasteiger partial charge in [-0.2, -0.15) is 0 Å². The van der Waals surface area contributed by atoms with Crippen LogP contribution in [0.4, 0.5) is 13.2 Å². The van der Waals surface area contributed by atoms with E-state index in [0.29, 0.717) is 5.56 Å². The van der Waals surface area contributed by atoms with Crippen molar-refractivity contribution in [2.75, 3.05) is 7.11 Å². The average Bonchev–Trinajstić information content (AvgIpc) is 3.19. The first kappa shape index (κ1) is 17.9. The van der Waals surface area contributed by atoms with Crippen molar-refractivity contribution in [3.63, 3.8) is 0 Å². The maximum Gasteiger partial charge on any atom is 0.573 e. The number of aliphatic hydroxyl groups is 1. The minimum absolute atomic E-state index is 0. The molecule has 1 saturated carbocycles. The van der Waals surface area contributed by atoms with Crippen LogP contribution in [0.5, 0.6) is 11.5 Å². The van der Waals surface area contributed by atoms with Crippen LogP contribution in [-0.2, 0) is 0 Å². The molecule has 1 aliphatic rings. The van der Waals surface area contributed by atoms with E-state index in [9.17, 15) is 18.3 Å². The lowest BCUT2D eigenvalue weighted by Gasteiger charge is -2.21. The van der Waals surface area contributed by atoms with E-state index in [1.165, 1.54) is 13.2 Å². The van der Waals surface area contributed by atoms with Crippen molar-refractivity contribution in [1.29, 1.82) is 0 Å². The number of halogens is 4. The van der Waals surface area contributed by atoms with Crippen LogP contribution in [-0.4, -0.2) is 24.7 Å². The van der Waals surface area contributed by atoms with Crippen LogP contribution >= 0.6 is 12.4 Å². The standard InChI is InChI=1S/C13H16F3NO3.ClH/c1-19-10-6-8(20-13(14,15)16)4-5-9(10)11(17)12(18)7-2-3-7;/h4-7,11-12,18H,2-3,17H2,1H3;1H/t11-,12+;/m0./s1. The molecule has 1 aromatic carbocycles. The highest BCUT2D eigenvalue weighted by Crippen LogP contribution is 2.40. The van der Waals surface area contributed by atoms with Crippen LogP contribution in [0.3, 0.4) is 0 Å². The summed E-state index contributed by atoms with van der Waals surface area (Å²) in [6, 6.07) is 2.96. The molecule has 0 bridgehead atoms. The molecule has 0 unspecified atom stereocenters. The Balaban J connectivity index is 0.00000220. The molecule has 0 aromatic heterocycles. The summed E-state index contributed by atoms with van der Waals surface area (Å²) in [5, 5.41) is 9.99. The molecule has 0 spiro atoms. The van der Waals surface area contributed by atoms with Gasteiger partial charge in [-0.05, 0) is 30.9 Å². The predicted octanol–water partition coefficient (Wildman–Crippen LogP) is 2.79. The van der Waals surface area contributed by atoms with Crippen molar-refractivity contribution in [2.24, 2.45) is 11.7 Å². The van der Waals surface area contributed by atoms with Gasteiger partial charge in [0.2, 0.25) is 0 Å². The second-order valence-electron chi connectivity index (χ2n) is 4.81. The zero-order chi connectivity index (χ0) is 14.9. The Morgan fingerprint density at radius 1 is 1.33 bits per heavy atom. The predicted molar refractivity (Wildman–Crippen MR) is 72.6 cm³/mol. The summed E-state index contributed by atoms with van der Waals surface area (Å²) in [5.74, 6) is -0.0639. The number of alkyl halides is 3. The van der Waals surface area contributed by atoms with Gasteiger partial charge in [0.25, 0.3) is 0 Å². The van der Waals surface area contributed by atoms with Crippen molar-refractivity contribution in [3.05, 3.63) is 23.8 Å². The first-order valence-electron chi connectivity index (χ1n) is 6.19. The molecule has 0 radical (unpaired) electrons. The number of nitrogens with two attached hydrogens (primary N) is 1. The molecule has 120 valence electrons. The number of aliphatic hydroxyl groups excluding tert-OH is 1. The Morgan fingerprint density at radius 2 is 1.95 bits per heavy atom. The molecule has 21 heavy (non-hydrogen) atoms. The Hall–Kier alpha value is -1.18. The minimum atomic E-state index is -4.76. The maximum absolute atomic E-state index is 12.2. The minimum Gasteiger partial charge on any atom is -0.496 e. The molecule has 2 rings (SSSR count). The monoisotopic (exact) mass is 327 g/mol. The summed E-state index contributed by atoms with van der Waals surface area (Å²) in [5.41, 5.74) is 6.40. The fourth-order valence-electron chi connectivity index (χ4n) is 2.08. The fourth-order valence-corrected chi connectivity index (χ4v) is 2.08. The van der Waals surface area contributed by atoms with Crippen LogP contribution < -0.4 is 15.2 Å². The van der Waals surface area contributed by atoms with Crippen LogP contribution in [0, 0.1) is 5.92 Å². The zero-order valence-corrected chi connectivity index (χ0v) is 12.1. The molecule has 0 aliphatic heterocycles. The molecule has 0 saturated heterocycles. The number of hydrogen-bond donors (Lipinski definition) is 2. The fraction of sp³-hybridized carbons (Fsp3) is 0.538. The number of benzene rings is 1. The van der Waals surface area contributed by atoms with E-state index in [2.05, 4.69) is 4.74 Å². The van der Waals surface area contributed by atoms with Gasteiger partial charge in [0.05, 0.1) is 19.3 Å². The molecule has 2 atom stereocenters. The third-order valence-corrected chi connectivity index (χ3v) is 3.27. The van der Waals surface area contributed by atoms with Gasteiger partial charge in [0.1, 0.15) is 11.5 Å². The second-order valence-corrected chi connectivity index (χ2v) is 4.81. The third-order valence-electron chi connectivity index (χ3n) is 3.27. The zero-order valence-electron chi connectivity index (χ0n) is 11.3. The summed E-state index contributed by atoms with van der Waals surface area (Å²) in [6.45, 7) is 0. The van der Waals surface area contributed by atoms with Crippen molar-refractivity contribution in [1.82, 2.24) is 0 Å². The smallest absolute Gasteiger partial charge is 0.496 e. The lowest BCUT2D eigenvalue weighted by molar-refractivity contribution is -0.274. The van der Waals surface area contributed by atoms with E-state index < -0.39 is 18.5 Å². The molecule has 1 fully saturated rings. The highest BCUT2D eigenvalue weighted by molar-refractivity contribution is 5.85. The summed E-state index contributed by atoms with van der Waals surface area (Å²) in [7, 11) is 1.33. The molecule has 8 heteroatoms. The SMILES string of the molecule is COc1cc(OC(F)(F)F)ccc1[C@H](N)[C@H](O)C1CC1.Cl. The number of rotatable bonds is 5. The van der Waals surface area contributed by atoms with Crippen LogP contribution in [0.25, 0.3) is 0 Å². The van der Waals surface area contributed by atoms with Gasteiger partial charge in [0.15, 0.2) is 0 Å². The van der Waals surface area contributed by atoms with E-state index in [-0.39, 0.29) is 29.8 Å². The molecular formula is C13H17ClF3NO3. The molecule has 0 amide bonds. The van der Waals surface area contributed by atoms with Gasteiger partial charge in [-0.1, -0.05) is 0 Å². The Kier molecular flexibility index (Phi) is 5.72. The first-order valence-corrected chi connectivity index (χ1v) is 6.19. The normalized spacial score (nSPS) is 17.6.